The van der Waals surface area contributed by atoms with Crippen LogP contribution in [0.3, 0.4) is 0 Å². The maximum absolute atomic E-state index is 13.5. The summed E-state index contributed by atoms with van der Waals surface area (Å²) in [6.07, 6.45) is 3.88. The van der Waals surface area contributed by atoms with Gasteiger partial charge >= 0.3 is 11.1 Å². The van der Waals surface area contributed by atoms with Gasteiger partial charge in [0.1, 0.15) is 34.3 Å². The van der Waals surface area contributed by atoms with Crippen LogP contribution in [0.1, 0.15) is 27.1 Å². The van der Waals surface area contributed by atoms with Crippen LogP contribution in [0.4, 0.5) is 40.6 Å². The van der Waals surface area contributed by atoms with E-state index >= 15 is 0 Å². The van der Waals surface area contributed by atoms with E-state index in [0.29, 0.717) is 29.9 Å². The second-order valence-electron chi connectivity index (χ2n) is 16.0. The van der Waals surface area contributed by atoms with Crippen LogP contribution < -0.4 is 29.9 Å². The Morgan fingerprint density at radius 2 is 1.29 bits per heavy atom. The van der Waals surface area contributed by atoms with Crippen LogP contribution in [-0.2, 0) is 24.4 Å². The minimum Gasteiger partial charge on any atom is -0.420 e. The van der Waals surface area contributed by atoms with Crippen molar-refractivity contribution >= 4 is 77.7 Å². The summed E-state index contributed by atoms with van der Waals surface area (Å²) in [5.74, 6) is -1.15. The Bertz CT molecular complexity index is 3170. The number of benzene rings is 2. The highest BCUT2D eigenvalue weighted by molar-refractivity contribution is 7.90. The summed E-state index contributed by atoms with van der Waals surface area (Å²) in [7, 11) is -7.36. The van der Waals surface area contributed by atoms with E-state index < -0.39 is 61.1 Å². The zero-order chi connectivity index (χ0) is 50.3. The van der Waals surface area contributed by atoms with E-state index in [9.17, 15) is 49.1 Å². The van der Waals surface area contributed by atoms with Crippen LogP contribution in [0.5, 0.6) is 11.5 Å². The van der Waals surface area contributed by atoms with Crippen molar-refractivity contribution in [2.45, 2.75) is 46.0 Å². The number of H-pyrrole nitrogens is 1. The van der Waals surface area contributed by atoms with E-state index in [4.69, 9.17) is 27.9 Å². The minimum absolute atomic E-state index is 0.0290. The predicted molar refractivity (Wildman–Crippen MR) is 248 cm³/mol. The highest BCUT2D eigenvalue weighted by atomic mass is 35.5. The van der Waals surface area contributed by atoms with Crippen LogP contribution in [0.2, 0.25) is 0 Å². The molecule has 368 valence electrons. The number of aromatic amines is 1. The zero-order valence-electron chi connectivity index (χ0n) is 36.3. The number of carbonyl (C=O) groups is 2. The number of carbonyl (C=O) groups excluding carboxylic acids is 2. The highest BCUT2D eigenvalue weighted by Crippen LogP contribution is 2.39. The first-order valence-corrected chi connectivity index (χ1v) is 25.2. The third kappa shape index (κ3) is 11.9. The number of pyridine rings is 3. The number of aromatic nitrogens is 4. The molecule has 26 heteroatoms. The lowest BCUT2D eigenvalue weighted by atomic mass is 10.0. The summed E-state index contributed by atoms with van der Waals surface area (Å²) < 4.78 is 117. The Kier molecular flexibility index (Phi) is 13.8. The molecule has 2 aliphatic rings. The number of sulfone groups is 2. The topological polar surface area (TPSA) is 235 Å². The molecule has 2 fully saturated rings. The van der Waals surface area contributed by atoms with E-state index in [0.717, 1.165) is 12.5 Å². The van der Waals surface area contributed by atoms with Gasteiger partial charge in [0, 0.05) is 95.5 Å². The summed E-state index contributed by atoms with van der Waals surface area (Å²) in [6, 6.07) is 18.7. The molecule has 0 saturated carbocycles. The quantitative estimate of drug-likeness (QED) is 0.0565. The molecule has 0 bridgehead atoms. The first-order chi connectivity index (χ1) is 32.9. The molecule has 3 unspecified atom stereocenters. The van der Waals surface area contributed by atoms with E-state index in [-0.39, 0.29) is 74.2 Å². The number of hydrogen-bond acceptors (Lipinski definition) is 15. The van der Waals surface area contributed by atoms with Gasteiger partial charge in [-0.3, -0.25) is 9.59 Å². The molecule has 70 heavy (non-hydrogen) atoms. The molecular weight excluding hydrogens is 1010 g/mol. The molecule has 2 saturated heterocycles. The van der Waals surface area contributed by atoms with Gasteiger partial charge in [-0.25, -0.2) is 31.8 Å². The number of anilines is 4. The first-order valence-electron chi connectivity index (χ1n) is 20.6. The smallest absolute Gasteiger partial charge is 0.420 e. The fourth-order valence-corrected chi connectivity index (χ4v) is 8.86. The molecule has 0 aliphatic carbocycles. The molecule has 2 amide bonds. The van der Waals surface area contributed by atoms with Crippen molar-refractivity contribution in [2.75, 3.05) is 52.6 Å². The van der Waals surface area contributed by atoms with Crippen molar-refractivity contribution in [1.29, 1.82) is 0 Å². The molecule has 6 heterocycles. The van der Waals surface area contributed by atoms with Gasteiger partial charge in [-0.05, 0) is 91.3 Å². The number of alkyl halides is 6. The standard InChI is InChI=1S/C44H38Cl2F4N8O10S2/c1-69(62,63)36-13-3-24(19-51-36)32-17-25(40(60)54-27-4-8-29(9-5-27)67-43(45,47)48)20-52-38(32)57-16-15-31(22-57)66-42-35(59)23-58(42)39-33(34-12-14-37(56-34)70(2,64)65)18-26(21-53-39)41(61)55-28-6-10-30(11-7-28)68-44(46,49)50/h3-14,17-21,31,35,42,56,59H,15-16,22-23H2,1-2H3,(H,54,60)(H,55,61). The molecule has 0 spiro atoms. The first kappa shape index (κ1) is 49.8. The van der Waals surface area contributed by atoms with Gasteiger partial charge in [0.25, 0.3) is 11.8 Å². The second-order valence-corrected chi connectivity index (χ2v) is 20.8. The van der Waals surface area contributed by atoms with Crippen molar-refractivity contribution in [1.82, 2.24) is 19.9 Å². The Morgan fingerprint density at radius 3 is 1.77 bits per heavy atom. The fraction of sp³-hybridized carbons (Fsp3) is 0.250. The van der Waals surface area contributed by atoms with Crippen molar-refractivity contribution in [3.8, 4) is 33.9 Å². The van der Waals surface area contributed by atoms with Gasteiger partial charge in [0.15, 0.2) is 30.9 Å². The summed E-state index contributed by atoms with van der Waals surface area (Å²) >= 11 is 9.69. The van der Waals surface area contributed by atoms with Gasteiger partial charge in [-0.2, -0.15) is 0 Å². The Labute approximate surface area is 406 Å². The van der Waals surface area contributed by atoms with E-state index in [1.165, 1.54) is 104 Å². The van der Waals surface area contributed by atoms with Crippen molar-refractivity contribution < 1.29 is 63.3 Å². The number of nitrogens with zero attached hydrogens (tertiary/aromatic N) is 5. The number of hydrogen-bond donors (Lipinski definition) is 4. The lowest BCUT2D eigenvalue weighted by Gasteiger charge is -2.47. The minimum atomic E-state index is -3.94. The van der Waals surface area contributed by atoms with Crippen LogP contribution in [0.25, 0.3) is 22.4 Å². The van der Waals surface area contributed by atoms with Crippen molar-refractivity contribution in [3.63, 3.8) is 0 Å². The van der Waals surface area contributed by atoms with Gasteiger partial charge in [-0.15, -0.1) is 17.6 Å². The molecule has 4 N–H and O–H groups in total. The van der Waals surface area contributed by atoms with Crippen LogP contribution in [-0.4, -0.2) is 115 Å². The van der Waals surface area contributed by atoms with Crippen LogP contribution in [0.15, 0.2) is 114 Å². The fourth-order valence-electron chi connectivity index (χ4n) is 7.51. The summed E-state index contributed by atoms with van der Waals surface area (Å²) in [4.78, 5) is 46.7. The van der Waals surface area contributed by atoms with E-state index in [1.807, 2.05) is 4.90 Å². The SMILES string of the molecule is CS(=O)(=O)c1ccc(-c2cc(C(=O)Nc3ccc(OC(F)(F)Cl)cc3)cnc2N2CCC(OC3C(O)CN3c3ncc(C(=O)Nc4ccc(OC(F)(F)Cl)cc4)cc3-c3ccc(S(C)(=O)=O)[nH]3)C2)cn1. The van der Waals surface area contributed by atoms with Gasteiger partial charge < -0.3 is 44.7 Å². The Morgan fingerprint density at radius 1 is 0.729 bits per heavy atom. The van der Waals surface area contributed by atoms with E-state index in [1.54, 1.807) is 4.90 Å². The zero-order valence-corrected chi connectivity index (χ0v) is 39.5. The normalized spacial score (nSPS) is 17.5. The Hall–Kier alpha value is -6.57. The van der Waals surface area contributed by atoms with Crippen LogP contribution >= 0.6 is 23.2 Å². The molecule has 18 nitrogen and oxygen atoms in total. The lowest BCUT2D eigenvalue weighted by molar-refractivity contribution is -0.106. The number of amides is 2. The lowest BCUT2D eigenvalue weighted by Crippen LogP contribution is -2.63. The Balaban J connectivity index is 1.03. The third-order valence-corrected chi connectivity index (χ3v) is 13.0. The summed E-state index contributed by atoms with van der Waals surface area (Å²) in [5, 5.41) is 16.1. The number of aliphatic hydroxyl groups is 1. The average Bonchev–Trinajstić information content (AvgIpc) is 3.99. The molecule has 6 aromatic rings. The van der Waals surface area contributed by atoms with Crippen LogP contribution in [0, 0.1) is 0 Å². The largest absolute Gasteiger partial charge is 0.487 e. The molecule has 3 atom stereocenters. The molecule has 2 aliphatic heterocycles. The van der Waals surface area contributed by atoms with E-state index in [2.05, 4.69) is 40.0 Å². The number of rotatable bonds is 16. The molecular formula is C44H38Cl2F4N8O10S2. The highest BCUT2D eigenvalue weighted by Gasteiger charge is 2.44. The van der Waals surface area contributed by atoms with Gasteiger partial charge in [0.2, 0.25) is 0 Å². The van der Waals surface area contributed by atoms with Gasteiger partial charge in [0.05, 0.1) is 29.5 Å². The van der Waals surface area contributed by atoms with Crippen molar-refractivity contribution in [3.05, 3.63) is 115 Å². The maximum atomic E-state index is 13.5. The third-order valence-electron chi connectivity index (χ3n) is 10.8. The predicted octanol–water partition coefficient (Wildman–Crippen LogP) is 6.98. The van der Waals surface area contributed by atoms with Crippen molar-refractivity contribution in [2.24, 2.45) is 0 Å². The molecule has 0 radical (unpaired) electrons. The molecule has 2 aromatic carbocycles. The van der Waals surface area contributed by atoms with Gasteiger partial charge in [-0.1, -0.05) is 0 Å². The summed E-state index contributed by atoms with van der Waals surface area (Å²) in [6.45, 7) is 0.639. The molecule has 4 aromatic heterocycles. The number of β-amino-alcohol motifs (C(OH)–C–C–N with tert-alkyl or cyclic N) is 1. The number of halogens is 6. The number of aliphatic hydroxyl groups excluding tert-OH is 1. The second kappa shape index (κ2) is 19.3. The number of nitrogens with one attached hydrogen (secondary N) is 3. The maximum Gasteiger partial charge on any atom is 0.487 e. The average molecular weight is 1050 g/mol. The monoisotopic (exact) mass is 1050 g/mol. The number of ether oxygens (including phenoxy) is 3. The molecule has 8 rings (SSSR count). The summed E-state index contributed by atoms with van der Waals surface area (Å²) in [5.41, 5.74) is -5.95.